The number of rotatable bonds is 5. The van der Waals surface area contributed by atoms with Crippen LogP contribution in [0.2, 0.25) is 0 Å². The van der Waals surface area contributed by atoms with Gasteiger partial charge in [-0.3, -0.25) is 4.79 Å². The predicted molar refractivity (Wildman–Crippen MR) is 76.1 cm³/mol. The Bertz CT molecular complexity index is 639. The van der Waals surface area contributed by atoms with Crippen LogP contribution in [0, 0.1) is 0 Å². The summed E-state index contributed by atoms with van der Waals surface area (Å²) in [6, 6.07) is 9.01. The lowest BCUT2D eigenvalue weighted by Crippen LogP contribution is -2.18. The third-order valence-corrected chi connectivity index (χ3v) is 3.06. The minimum Gasteiger partial charge on any atom is -0.497 e. The van der Waals surface area contributed by atoms with Gasteiger partial charge in [-0.1, -0.05) is 12.1 Å². The van der Waals surface area contributed by atoms with Crippen LogP contribution in [0.15, 0.2) is 30.3 Å². The number of primary amides is 1. The molecule has 0 heterocycles. The zero-order valence-electron chi connectivity index (χ0n) is 11.7. The number of nitrogens with two attached hydrogens (primary N) is 1. The number of hydrogen-bond donors (Lipinski definition) is 1. The molecule has 0 saturated carbocycles. The molecule has 2 rings (SSSR count). The first kappa shape index (κ1) is 14.1. The zero-order chi connectivity index (χ0) is 14.7. The third kappa shape index (κ3) is 2.67. The summed E-state index contributed by atoms with van der Waals surface area (Å²) in [6.45, 7) is 1.74. The molecule has 0 radical (unpaired) electrons. The molecule has 5 heteroatoms. The number of hydrogen-bond acceptors (Lipinski definition) is 4. The fourth-order valence-corrected chi connectivity index (χ4v) is 1.93. The Morgan fingerprint density at radius 1 is 1.20 bits per heavy atom. The number of ether oxygens (including phenoxy) is 3. The van der Waals surface area contributed by atoms with Crippen molar-refractivity contribution in [2.24, 2.45) is 5.73 Å². The van der Waals surface area contributed by atoms with Gasteiger partial charge in [0.25, 0.3) is 5.91 Å². The van der Waals surface area contributed by atoms with E-state index in [1.54, 1.807) is 26.2 Å². The molecule has 20 heavy (non-hydrogen) atoms. The van der Waals surface area contributed by atoms with Gasteiger partial charge in [-0.15, -0.1) is 0 Å². The summed E-state index contributed by atoms with van der Waals surface area (Å²) in [6.07, 6.45) is -0.495. The monoisotopic (exact) mass is 275 g/mol. The normalized spacial score (nSPS) is 12.2. The molecule has 2 N–H and O–H groups in total. The number of methoxy groups -OCH3 is 2. The van der Waals surface area contributed by atoms with Gasteiger partial charge in [0.15, 0.2) is 6.29 Å². The van der Waals surface area contributed by atoms with Crippen LogP contribution in [0.1, 0.15) is 17.3 Å². The quantitative estimate of drug-likeness (QED) is 0.850. The second-order valence-corrected chi connectivity index (χ2v) is 4.31. The molecule has 0 saturated heterocycles. The van der Waals surface area contributed by atoms with Crippen LogP contribution >= 0.6 is 0 Å². The van der Waals surface area contributed by atoms with E-state index in [1.165, 1.54) is 7.11 Å². The van der Waals surface area contributed by atoms with Gasteiger partial charge in [0, 0.05) is 12.5 Å². The van der Waals surface area contributed by atoms with Crippen LogP contribution in [-0.4, -0.2) is 26.4 Å². The molecule has 0 aromatic heterocycles. The largest absolute Gasteiger partial charge is 0.497 e. The maximum atomic E-state index is 11.6. The Kier molecular flexibility index (Phi) is 4.10. The average Bonchev–Trinajstić information content (AvgIpc) is 2.46. The van der Waals surface area contributed by atoms with Crippen molar-refractivity contribution in [1.82, 2.24) is 0 Å². The number of amides is 1. The topological polar surface area (TPSA) is 70.8 Å². The summed E-state index contributed by atoms with van der Waals surface area (Å²) in [7, 11) is 3.11. The smallest absolute Gasteiger partial charge is 0.252 e. The van der Waals surface area contributed by atoms with E-state index in [1.807, 2.05) is 18.2 Å². The minimum absolute atomic E-state index is 0.314. The molecule has 0 aliphatic heterocycles. The van der Waals surface area contributed by atoms with E-state index in [0.29, 0.717) is 17.1 Å². The molecule has 5 nitrogen and oxygen atoms in total. The average molecular weight is 275 g/mol. The molecule has 0 spiro atoms. The van der Waals surface area contributed by atoms with Crippen LogP contribution in [0.4, 0.5) is 0 Å². The number of benzene rings is 2. The maximum absolute atomic E-state index is 11.6. The molecule has 2 aromatic rings. The van der Waals surface area contributed by atoms with Crippen LogP contribution in [-0.2, 0) is 4.74 Å². The molecule has 0 aliphatic carbocycles. The highest BCUT2D eigenvalue weighted by Gasteiger charge is 2.16. The molecule has 0 aliphatic rings. The van der Waals surface area contributed by atoms with Gasteiger partial charge in [-0.05, 0) is 30.5 Å². The lowest BCUT2D eigenvalue weighted by molar-refractivity contribution is -0.0376. The van der Waals surface area contributed by atoms with E-state index in [4.69, 9.17) is 19.9 Å². The SMILES string of the molecule is COc1ccc2ccc(C(N)=O)c(OC(C)OC)c2c1. The summed E-state index contributed by atoms with van der Waals surface area (Å²) in [5.74, 6) is 0.533. The highest BCUT2D eigenvalue weighted by atomic mass is 16.7. The van der Waals surface area contributed by atoms with Crippen molar-refractivity contribution in [1.29, 1.82) is 0 Å². The lowest BCUT2D eigenvalue weighted by Gasteiger charge is -2.17. The van der Waals surface area contributed by atoms with Gasteiger partial charge in [-0.2, -0.15) is 0 Å². The van der Waals surface area contributed by atoms with Crippen LogP contribution in [0.3, 0.4) is 0 Å². The van der Waals surface area contributed by atoms with Gasteiger partial charge in [-0.25, -0.2) is 0 Å². The highest BCUT2D eigenvalue weighted by molar-refractivity contribution is 6.03. The molecule has 1 atom stereocenters. The lowest BCUT2D eigenvalue weighted by atomic mass is 10.0. The summed E-state index contributed by atoms with van der Waals surface area (Å²) in [5.41, 5.74) is 5.72. The van der Waals surface area contributed by atoms with Crippen LogP contribution in [0.25, 0.3) is 10.8 Å². The zero-order valence-corrected chi connectivity index (χ0v) is 11.7. The summed E-state index contributed by atoms with van der Waals surface area (Å²) in [4.78, 5) is 11.6. The Labute approximate surface area is 117 Å². The summed E-state index contributed by atoms with van der Waals surface area (Å²) >= 11 is 0. The van der Waals surface area contributed by atoms with Gasteiger partial charge >= 0.3 is 0 Å². The Hall–Kier alpha value is -2.27. The Morgan fingerprint density at radius 2 is 1.90 bits per heavy atom. The second-order valence-electron chi connectivity index (χ2n) is 4.31. The van der Waals surface area contributed by atoms with Gasteiger partial charge in [0.1, 0.15) is 11.5 Å². The minimum atomic E-state index is -0.548. The van der Waals surface area contributed by atoms with Crippen LogP contribution < -0.4 is 15.2 Å². The third-order valence-electron chi connectivity index (χ3n) is 3.06. The van der Waals surface area contributed by atoms with E-state index in [9.17, 15) is 4.79 Å². The van der Waals surface area contributed by atoms with E-state index < -0.39 is 12.2 Å². The van der Waals surface area contributed by atoms with Crippen molar-refractivity contribution in [3.63, 3.8) is 0 Å². The number of carbonyl (C=O) groups is 1. The number of carbonyl (C=O) groups excluding carboxylic acids is 1. The molecule has 0 bridgehead atoms. The molecule has 1 amide bonds. The van der Waals surface area contributed by atoms with E-state index in [0.717, 1.165) is 10.8 Å². The van der Waals surface area contributed by atoms with Gasteiger partial charge in [0.2, 0.25) is 0 Å². The summed E-state index contributed by atoms with van der Waals surface area (Å²) in [5, 5.41) is 1.68. The van der Waals surface area contributed by atoms with Crippen molar-refractivity contribution in [3.8, 4) is 11.5 Å². The predicted octanol–water partition coefficient (Wildman–Crippen LogP) is 2.32. The van der Waals surface area contributed by atoms with E-state index in [-0.39, 0.29) is 0 Å². The van der Waals surface area contributed by atoms with Crippen molar-refractivity contribution in [2.75, 3.05) is 14.2 Å². The molecule has 0 fully saturated rings. The van der Waals surface area contributed by atoms with Crippen molar-refractivity contribution in [3.05, 3.63) is 35.9 Å². The first-order valence-electron chi connectivity index (χ1n) is 6.17. The first-order chi connectivity index (χ1) is 9.56. The van der Waals surface area contributed by atoms with Crippen molar-refractivity contribution in [2.45, 2.75) is 13.2 Å². The summed E-state index contributed by atoms with van der Waals surface area (Å²) < 4.78 is 16.0. The molecule has 2 aromatic carbocycles. The Balaban J connectivity index is 2.67. The molecule has 1 unspecified atom stereocenters. The molecular weight excluding hydrogens is 258 g/mol. The second kappa shape index (κ2) is 5.79. The van der Waals surface area contributed by atoms with Gasteiger partial charge < -0.3 is 19.9 Å². The number of fused-ring (bicyclic) bond motifs is 1. The van der Waals surface area contributed by atoms with Gasteiger partial charge in [0.05, 0.1) is 12.7 Å². The fourth-order valence-electron chi connectivity index (χ4n) is 1.93. The van der Waals surface area contributed by atoms with Crippen molar-refractivity contribution < 1.29 is 19.0 Å². The molecular formula is C15H17NO4. The van der Waals surface area contributed by atoms with Crippen LogP contribution in [0.5, 0.6) is 11.5 Å². The van der Waals surface area contributed by atoms with Crippen molar-refractivity contribution >= 4 is 16.7 Å². The fraction of sp³-hybridized carbons (Fsp3) is 0.267. The standard InChI is InChI=1S/C15H17NO4/c1-9(18-2)20-14-12(15(16)17)7-5-10-4-6-11(19-3)8-13(10)14/h4-9H,1-3H3,(H2,16,17). The first-order valence-corrected chi connectivity index (χ1v) is 6.17. The maximum Gasteiger partial charge on any atom is 0.252 e. The van der Waals surface area contributed by atoms with E-state index in [2.05, 4.69) is 0 Å². The Morgan fingerprint density at radius 3 is 2.50 bits per heavy atom. The van der Waals surface area contributed by atoms with E-state index >= 15 is 0 Å². The highest BCUT2D eigenvalue weighted by Crippen LogP contribution is 2.33. The molecule has 106 valence electrons.